The molecular formula is C40H26N4. The minimum atomic E-state index is 1.10. The van der Waals surface area contributed by atoms with Crippen LogP contribution in [0.15, 0.2) is 158 Å². The summed E-state index contributed by atoms with van der Waals surface area (Å²) < 4.78 is 2.31. The number of hydrogen-bond acceptors (Lipinski definition) is 3. The van der Waals surface area contributed by atoms with Crippen LogP contribution in [0.2, 0.25) is 0 Å². The van der Waals surface area contributed by atoms with Gasteiger partial charge in [-0.05, 0) is 70.8 Å². The SMILES string of the molecule is c1ccc(-c2ccc(N(c3ccc(-c4ccccc4)cc3)c3cc4c5ccncc5n5c6cnccc6c(c3)c45)cc2)cc1. The van der Waals surface area contributed by atoms with E-state index in [1.807, 2.05) is 24.8 Å². The largest absolute Gasteiger partial charge is 0.310 e. The highest BCUT2D eigenvalue weighted by molar-refractivity contribution is 6.24. The average molecular weight is 563 g/mol. The summed E-state index contributed by atoms with van der Waals surface area (Å²) in [6, 6.07) is 47.7. The molecule has 4 heterocycles. The van der Waals surface area contributed by atoms with E-state index in [2.05, 4.69) is 153 Å². The summed E-state index contributed by atoms with van der Waals surface area (Å²) in [5.74, 6) is 0. The zero-order valence-corrected chi connectivity index (χ0v) is 23.8. The van der Waals surface area contributed by atoms with Crippen LogP contribution in [0.5, 0.6) is 0 Å². The maximum atomic E-state index is 4.48. The second kappa shape index (κ2) is 9.79. The zero-order chi connectivity index (χ0) is 29.0. The Bertz CT molecular complexity index is 2240. The van der Waals surface area contributed by atoms with Crippen molar-refractivity contribution in [3.05, 3.63) is 158 Å². The summed E-state index contributed by atoms with van der Waals surface area (Å²) in [4.78, 5) is 11.3. The molecule has 0 atom stereocenters. The fourth-order valence-corrected chi connectivity index (χ4v) is 6.67. The lowest BCUT2D eigenvalue weighted by molar-refractivity contribution is 1.27. The van der Waals surface area contributed by atoms with Crippen LogP contribution >= 0.6 is 0 Å². The molecule has 0 fully saturated rings. The van der Waals surface area contributed by atoms with Crippen molar-refractivity contribution in [3.8, 4) is 22.3 Å². The van der Waals surface area contributed by atoms with Crippen LogP contribution in [-0.4, -0.2) is 14.4 Å². The van der Waals surface area contributed by atoms with Gasteiger partial charge in [0.25, 0.3) is 0 Å². The van der Waals surface area contributed by atoms with E-state index in [9.17, 15) is 0 Å². The Balaban J connectivity index is 1.28. The van der Waals surface area contributed by atoms with Crippen LogP contribution in [-0.2, 0) is 0 Å². The van der Waals surface area contributed by atoms with Crippen molar-refractivity contribution >= 4 is 55.2 Å². The predicted molar refractivity (Wildman–Crippen MR) is 182 cm³/mol. The minimum Gasteiger partial charge on any atom is -0.310 e. The summed E-state index contributed by atoms with van der Waals surface area (Å²) >= 11 is 0. The molecule has 0 saturated carbocycles. The number of anilines is 3. The van der Waals surface area contributed by atoms with Gasteiger partial charge in [0.15, 0.2) is 0 Å². The third-order valence-corrected chi connectivity index (χ3v) is 8.70. The molecule has 0 bridgehead atoms. The van der Waals surface area contributed by atoms with Crippen molar-refractivity contribution in [2.24, 2.45) is 0 Å². The third-order valence-electron chi connectivity index (χ3n) is 8.70. The normalized spacial score (nSPS) is 11.6. The van der Waals surface area contributed by atoms with E-state index < -0.39 is 0 Å². The van der Waals surface area contributed by atoms with Crippen molar-refractivity contribution in [1.29, 1.82) is 0 Å². The molecule has 0 aliphatic rings. The van der Waals surface area contributed by atoms with Crippen molar-refractivity contribution in [3.63, 3.8) is 0 Å². The van der Waals surface area contributed by atoms with Gasteiger partial charge in [-0.15, -0.1) is 0 Å². The number of rotatable bonds is 5. The van der Waals surface area contributed by atoms with Crippen molar-refractivity contribution in [1.82, 2.24) is 14.4 Å². The van der Waals surface area contributed by atoms with Crippen molar-refractivity contribution in [2.45, 2.75) is 0 Å². The molecule has 44 heavy (non-hydrogen) atoms. The van der Waals surface area contributed by atoms with Crippen LogP contribution in [0.25, 0.3) is 60.3 Å². The Hall–Kier alpha value is -6.00. The second-order valence-electron chi connectivity index (χ2n) is 11.2. The van der Waals surface area contributed by atoms with Crippen LogP contribution in [0, 0.1) is 0 Å². The van der Waals surface area contributed by atoms with E-state index in [1.54, 1.807) is 0 Å². The molecule has 0 aliphatic carbocycles. The van der Waals surface area contributed by atoms with E-state index >= 15 is 0 Å². The first kappa shape index (κ1) is 24.6. The molecule has 4 nitrogen and oxygen atoms in total. The van der Waals surface area contributed by atoms with E-state index in [1.165, 1.54) is 49.3 Å². The summed E-state index contributed by atoms with van der Waals surface area (Å²) in [5.41, 5.74) is 11.5. The van der Waals surface area contributed by atoms with Gasteiger partial charge in [-0.3, -0.25) is 9.97 Å². The van der Waals surface area contributed by atoms with E-state index in [4.69, 9.17) is 0 Å². The molecule has 206 valence electrons. The Morgan fingerprint density at radius 3 is 1.30 bits per heavy atom. The first-order valence-electron chi connectivity index (χ1n) is 14.8. The number of fused-ring (bicyclic) bond motifs is 6. The third kappa shape index (κ3) is 3.78. The summed E-state index contributed by atoms with van der Waals surface area (Å²) in [6.07, 6.45) is 7.69. The minimum absolute atomic E-state index is 1.10. The van der Waals surface area contributed by atoms with Gasteiger partial charge in [0.1, 0.15) is 0 Å². The van der Waals surface area contributed by atoms with Crippen LogP contribution < -0.4 is 4.90 Å². The van der Waals surface area contributed by atoms with E-state index in [0.717, 1.165) is 28.1 Å². The topological polar surface area (TPSA) is 33.4 Å². The molecule has 9 aromatic rings. The monoisotopic (exact) mass is 562 g/mol. The van der Waals surface area contributed by atoms with Crippen LogP contribution in [0.1, 0.15) is 0 Å². The molecule has 4 heteroatoms. The maximum Gasteiger partial charge on any atom is 0.0725 e. The summed E-state index contributed by atoms with van der Waals surface area (Å²) in [5, 5.41) is 4.79. The van der Waals surface area contributed by atoms with E-state index in [0.29, 0.717) is 0 Å². The molecule has 9 rings (SSSR count). The first-order chi connectivity index (χ1) is 21.8. The fourth-order valence-electron chi connectivity index (χ4n) is 6.67. The summed E-state index contributed by atoms with van der Waals surface area (Å²) in [6.45, 7) is 0. The zero-order valence-electron chi connectivity index (χ0n) is 23.8. The number of aromatic nitrogens is 3. The smallest absolute Gasteiger partial charge is 0.0725 e. The van der Waals surface area contributed by atoms with Gasteiger partial charge < -0.3 is 9.30 Å². The molecule has 0 unspecified atom stereocenters. The molecule has 0 aliphatic heterocycles. The number of nitrogens with zero attached hydrogens (tertiary/aromatic N) is 4. The number of benzene rings is 5. The lowest BCUT2D eigenvalue weighted by Crippen LogP contribution is -2.10. The Morgan fingerprint density at radius 1 is 0.409 bits per heavy atom. The van der Waals surface area contributed by atoms with Gasteiger partial charge in [0.05, 0.1) is 28.9 Å². The Labute approximate surface area is 254 Å². The molecule has 0 saturated heterocycles. The summed E-state index contributed by atoms with van der Waals surface area (Å²) in [7, 11) is 0. The fraction of sp³-hybridized carbons (Fsp3) is 0. The quantitative estimate of drug-likeness (QED) is 0.209. The van der Waals surface area contributed by atoms with E-state index in [-0.39, 0.29) is 0 Å². The molecule has 0 radical (unpaired) electrons. The average Bonchev–Trinajstić information content (AvgIpc) is 3.62. The van der Waals surface area contributed by atoms with Gasteiger partial charge in [-0.25, -0.2) is 0 Å². The van der Waals surface area contributed by atoms with Crippen molar-refractivity contribution in [2.75, 3.05) is 4.90 Å². The Kier molecular flexibility index (Phi) is 5.47. The molecule has 0 N–H and O–H groups in total. The molecule has 0 spiro atoms. The molecule has 0 amide bonds. The van der Waals surface area contributed by atoms with Crippen LogP contribution in [0.4, 0.5) is 17.1 Å². The highest BCUT2D eigenvalue weighted by atomic mass is 15.1. The molecule has 5 aromatic carbocycles. The Morgan fingerprint density at radius 2 is 0.841 bits per heavy atom. The van der Waals surface area contributed by atoms with Gasteiger partial charge in [0.2, 0.25) is 0 Å². The molecular weight excluding hydrogens is 536 g/mol. The number of pyridine rings is 2. The van der Waals surface area contributed by atoms with Crippen molar-refractivity contribution < 1.29 is 0 Å². The number of hydrogen-bond donors (Lipinski definition) is 0. The highest BCUT2D eigenvalue weighted by Crippen LogP contribution is 2.44. The van der Waals surface area contributed by atoms with Gasteiger partial charge >= 0.3 is 0 Å². The standard InChI is InChI=1S/C40H26N4/c1-3-7-27(8-4-1)29-11-15-31(16-12-29)43(32-17-13-30(14-18-32)28-9-5-2-6-10-28)33-23-36-34-19-21-41-25-38(34)44-39-26-42-22-20-35(39)37(24-33)40(36)44/h1-26H. The van der Waals surface area contributed by atoms with Gasteiger partial charge in [-0.1, -0.05) is 84.9 Å². The first-order valence-corrected chi connectivity index (χ1v) is 14.8. The van der Waals surface area contributed by atoms with Gasteiger partial charge in [0, 0.05) is 51.0 Å². The predicted octanol–water partition coefficient (Wildman–Crippen LogP) is 10.4. The van der Waals surface area contributed by atoms with Gasteiger partial charge in [-0.2, -0.15) is 0 Å². The molecule has 4 aromatic heterocycles. The lowest BCUT2D eigenvalue weighted by Gasteiger charge is -2.26. The lowest BCUT2D eigenvalue weighted by atomic mass is 10.0. The van der Waals surface area contributed by atoms with Crippen LogP contribution in [0.3, 0.4) is 0 Å². The highest BCUT2D eigenvalue weighted by Gasteiger charge is 2.21. The maximum absolute atomic E-state index is 4.48. The second-order valence-corrected chi connectivity index (χ2v) is 11.2.